The van der Waals surface area contributed by atoms with Gasteiger partial charge in [-0.2, -0.15) is 4.98 Å². The van der Waals surface area contributed by atoms with Gasteiger partial charge in [0.15, 0.2) is 11.0 Å². The van der Waals surface area contributed by atoms with Crippen LogP contribution in [0.2, 0.25) is 5.15 Å². The Bertz CT molecular complexity index is 1060. The summed E-state index contributed by atoms with van der Waals surface area (Å²) in [6.07, 6.45) is 0. The van der Waals surface area contributed by atoms with E-state index in [2.05, 4.69) is 36.0 Å². The number of para-hydroxylation sites is 1. The van der Waals surface area contributed by atoms with Gasteiger partial charge in [0.25, 0.3) is 5.91 Å². The van der Waals surface area contributed by atoms with E-state index >= 15 is 0 Å². The Kier molecular flexibility index (Phi) is 6.44. The van der Waals surface area contributed by atoms with Crippen LogP contribution in [-0.2, 0) is 4.74 Å². The van der Waals surface area contributed by atoms with Crippen LogP contribution in [-0.4, -0.2) is 54.4 Å². The van der Waals surface area contributed by atoms with Crippen LogP contribution in [0.15, 0.2) is 48.5 Å². The second kappa shape index (κ2) is 9.59. The van der Waals surface area contributed by atoms with Crippen molar-refractivity contribution in [2.75, 3.05) is 48.9 Å². The first-order valence-corrected chi connectivity index (χ1v) is 10.2. The van der Waals surface area contributed by atoms with Crippen molar-refractivity contribution >= 4 is 46.3 Å². The fraction of sp³-hybridized carbons (Fsp3) is 0.238. The predicted octanol–water partition coefficient (Wildman–Crippen LogP) is 3.21. The molecule has 2 heterocycles. The van der Waals surface area contributed by atoms with Gasteiger partial charge in [0.05, 0.1) is 24.5 Å². The molecule has 9 nitrogen and oxygen atoms in total. The highest BCUT2D eigenvalue weighted by molar-refractivity contribution is 6.31. The first-order chi connectivity index (χ1) is 15.1. The number of nitrogens with one attached hydrogen (secondary N) is 3. The highest BCUT2D eigenvalue weighted by Gasteiger charge is 2.14. The van der Waals surface area contributed by atoms with Gasteiger partial charge in [-0.25, -0.2) is 0 Å². The summed E-state index contributed by atoms with van der Waals surface area (Å²) in [5, 5.41) is 16.9. The van der Waals surface area contributed by atoms with E-state index in [1.165, 1.54) is 0 Å². The predicted molar refractivity (Wildman–Crippen MR) is 121 cm³/mol. The van der Waals surface area contributed by atoms with Crippen LogP contribution in [0.4, 0.5) is 28.8 Å². The van der Waals surface area contributed by atoms with Crippen LogP contribution in [0.25, 0.3) is 0 Å². The van der Waals surface area contributed by atoms with Crippen molar-refractivity contribution < 1.29 is 9.53 Å². The maximum absolute atomic E-state index is 12.1. The minimum Gasteiger partial charge on any atom is -0.378 e. The molecule has 1 aliphatic heterocycles. The smallest absolute Gasteiger partial charge is 0.253 e. The average Bonchev–Trinajstić information content (AvgIpc) is 2.82. The Labute approximate surface area is 184 Å². The van der Waals surface area contributed by atoms with Crippen LogP contribution < -0.4 is 20.9 Å². The number of aromatic nitrogens is 3. The van der Waals surface area contributed by atoms with E-state index in [1.807, 2.05) is 30.3 Å². The van der Waals surface area contributed by atoms with Gasteiger partial charge in [-0.05, 0) is 36.4 Å². The number of carbonyl (C=O) groups is 1. The summed E-state index contributed by atoms with van der Waals surface area (Å²) in [6, 6.07) is 15.0. The fourth-order valence-corrected chi connectivity index (χ4v) is 3.33. The lowest BCUT2D eigenvalue weighted by molar-refractivity contribution is 0.0964. The molecule has 0 radical (unpaired) electrons. The number of amides is 1. The lowest BCUT2D eigenvalue weighted by atomic mass is 10.1. The second-order valence-electron chi connectivity index (χ2n) is 6.80. The summed E-state index contributed by atoms with van der Waals surface area (Å²) < 4.78 is 5.40. The Balaban J connectivity index is 1.50. The summed E-state index contributed by atoms with van der Waals surface area (Å²) in [4.78, 5) is 18.8. The standard InChI is InChI=1S/C21H22ClN7O2/c1-23-20(30)16-4-2-3-5-17(16)25-19-18(22)27-28-21(26-19)24-14-6-8-15(9-7-14)29-10-12-31-13-11-29/h2-9H,10-13H2,1H3,(H,23,30)(H2,24,25,26,28). The highest BCUT2D eigenvalue weighted by atomic mass is 35.5. The van der Waals surface area contributed by atoms with E-state index in [4.69, 9.17) is 16.3 Å². The van der Waals surface area contributed by atoms with Crippen molar-refractivity contribution in [3.63, 3.8) is 0 Å². The maximum Gasteiger partial charge on any atom is 0.253 e. The molecule has 0 saturated carbocycles. The van der Waals surface area contributed by atoms with Gasteiger partial charge in [-0.3, -0.25) is 4.79 Å². The van der Waals surface area contributed by atoms with Crippen LogP contribution in [0.1, 0.15) is 10.4 Å². The third kappa shape index (κ3) is 5.01. The number of rotatable bonds is 6. The van der Waals surface area contributed by atoms with E-state index in [-0.39, 0.29) is 17.0 Å². The zero-order valence-corrected chi connectivity index (χ0v) is 17.7. The fourth-order valence-electron chi connectivity index (χ4n) is 3.20. The molecule has 0 atom stereocenters. The summed E-state index contributed by atoms with van der Waals surface area (Å²) in [6.45, 7) is 3.24. The molecule has 31 heavy (non-hydrogen) atoms. The molecule has 0 spiro atoms. The quantitative estimate of drug-likeness (QED) is 0.538. The molecule has 160 valence electrons. The van der Waals surface area contributed by atoms with Gasteiger partial charge >= 0.3 is 0 Å². The first-order valence-electron chi connectivity index (χ1n) is 9.82. The normalized spacial score (nSPS) is 13.5. The topological polar surface area (TPSA) is 104 Å². The third-order valence-electron chi connectivity index (χ3n) is 4.80. The zero-order chi connectivity index (χ0) is 21.6. The van der Waals surface area contributed by atoms with Gasteiger partial charge < -0.3 is 25.6 Å². The number of hydrogen-bond donors (Lipinski definition) is 3. The van der Waals surface area contributed by atoms with Crippen molar-refractivity contribution in [2.24, 2.45) is 0 Å². The van der Waals surface area contributed by atoms with E-state index in [1.54, 1.807) is 25.2 Å². The molecule has 0 bridgehead atoms. The van der Waals surface area contributed by atoms with E-state index in [0.29, 0.717) is 17.1 Å². The maximum atomic E-state index is 12.1. The summed E-state index contributed by atoms with van der Waals surface area (Å²) in [5.74, 6) is 0.351. The van der Waals surface area contributed by atoms with Crippen molar-refractivity contribution in [2.45, 2.75) is 0 Å². The van der Waals surface area contributed by atoms with Crippen molar-refractivity contribution in [3.05, 3.63) is 59.2 Å². The molecule has 1 amide bonds. The number of morpholine rings is 1. The summed E-state index contributed by atoms with van der Waals surface area (Å²) in [5.41, 5.74) is 2.98. The molecular weight excluding hydrogens is 418 g/mol. The van der Waals surface area contributed by atoms with E-state index < -0.39 is 0 Å². The number of benzene rings is 2. The average molecular weight is 440 g/mol. The lowest BCUT2D eigenvalue weighted by Gasteiger charge is -2.28. The number of halogens is 1. The number of nitrogens with zero attached hydrogens (tertiary/aromatic N) is 4. The summed E-state index contributed by atoms with van der Waals surface area (Å²) in [7, 11) is 1.57. The van der Waals surface area contributed by atoms with Crippen molar-refractivity contribution in [3.8, 4) is 0 Å². The molecule has 0 unspecified atom stereocenters. The molecule has 3 N–H and O–H groups in total. The third-order valence-corrected chi connectivity index (χ3v) is 5.05. The molecule has 1 aliphatic rings. The molecular formula is C21H22ClN7O2. The molecule has 1 fully saturated rings. The molecule has 2 aromatic carbocycles. The van der Waals surface area contributed by atoms with E-state index in [0.717, 1.165) is 37.7 Å². The van der Waals surface area contributed by atoms with Crippen LogP contribution in [0.3, 0.4) is 0 Å². The number of ether oxygens (including phenoxy) is 1. The van der Waals surface area contributed by atoms with Crippen molar-refractivity contribution in [1.82, 2.24) is 20.5 Å². The van der Waals surface area contributed by atoms with Crippen LogP contribution >= 0.6 is 11.6 Å². The lowest BCUT2D eigenvalue weighted by Crippen LogP contribution is -2.36. The molecule has 0 aliphatic carbocycles. The number of anilines is 5. The van der Waals surface area contributed by atoms with Gasteiger partial charge in [0, 0.05) is 31.5 Å². The molecule has 3 aromatic rings. The van der Waals surface area contributed by atoms with Gasteiger partial charge in [-0.1, -0.05) is 23.7 Å². The zero-order valence-electron chi connectivity index (χ0n) is 16.9. The van der Waals surface area contributed by atoms with Gasteiger partial charge in [0.1, 0.15) is 0 Å². The molecule has 4 rings (SSSR count). The minimum atomic E-state index is -0.222. The first kappa shape index (κ1) is 20.8. The van der Waals surface area contributed by atoms with Gasteiger partial charge in [0.2, 0.25) is 5.95 Å². The number of carbonyl (C=O) groups excluding carboxylic acids is 1. The van der Waals surface area contributed by atoms with Gasteiger partial charge in [-0.15, -0.1) is 10.2 Å². The summed E-state index contributed by atoms with van der Waals surface area (Å²) >= 11 is 6.18. The molecule has 1 aromatic heterocycles. The Hall–Kier alpha value is -3.43. The Morgan fingerprint density at radius 2 is 1.77 bits per heavy atom. The monoisotopic (exact) mass is 439 g/mol. The van der Waals surface area contributed by atoms with Crippen LogP contribution in [0, 0.1) is 0 Å². The molecule has 1 saturated heterocycles. The Morgan fingerprint density at radius 1 is 1.03 bits per heavy atom. The van der Waals surface area contributed by atoms with Crippen molar-refractivity contribution in [1.29, 1.82) is 0 Å². The Morgan fingerprint density at radius 3 is 2.52 bits per heavy atom. The van der Waals surface area contributed by atoms with E-state index in [9.17, 15) is 4.79 Å². The number of hydrogen-bond acceptors (Lipinski definition) is 8. The molecule has 10 heteroatoms. The largest absolute Gasteiger partial charge is 0.378 e. The van der Waals surface area contributed by atoms with Crippen LogP contribution in [0.5, 0.6) is 0 Å². The SMILES string of the molecule is CNC(=O)c1ccccc1Nc1nc(Nc2ccc(N3CCOCC3)cc2)nnc1Cl. The highest BCUT2D eigenvalue weighted by Crippen LogP contribution is 2.26. The second-order valence-corrected chi connectivity index (χ2v) is 7.15. The minimum absolute atomic E-state index is 0.0972.